The number of hydroxylamine groups is 1. The molecule has 7 heteroatoms. The molecule has 0 aliphatic heterocycles. The number of carbonyl (C=O) groups is 1. The van der Waals surface area contributed by atoms with Gasteiger partial charge in [0.15, 0.2) is 6.61 Å². The van der Waals surface area contributed by atoms with Crippen LogP contribution in [0.5, 0.6) is 0 Å². The van der Waals surface area contributed by atoms with Crippen LogP contribution in [0.1, 0.15) is 6.92 Å². The van der Waals surface area contributed by atoms with Gasteiger partial charge >= 0.3 is 6.18 Å². The first kappa shape index (κ1) is 13.7. The van der Waals surface area contributed by atoms with Crippen LogP contribution >= 0.6 is 0 Å². The van der Waals surface area contributed by atoms with Crippen LogP contribution < -0.4 is 10.8 Å². The lowest BCUT2D eigenvalue weighted by atomic mass is 10.3. The van der Waals surface area contributed by atoms with Gasteiger partial charge in [-0.1, -0.05) is 5.92 Å². The van der Waals surface area contributed by atoms with Crippen molar-refractivity contribution < 1.29 is 22.8 Å². The summed E-state index contributed by atoms with van der Waals surface area (Å²) in [5.41, 5.74) is 1.95. The highest BCUT2D eigenvalue weighted by atomic mass is 19.4. The van der Waals surface area contributed by atoms with Crippen molar-refractivity contribution >= 4 is 5.91 Å². The van der Waals surface area contributed by atoms with Crippen molar-refractivity contribution in [3.8, 4) is 12.3 Å². The molecule has 0 spiro atoms. The summed E-state index contributed by atoms with van der Waals surface area (Å²) >= 11 is 0. The number of terminal acetylenes is 1. The minimum absolute atomic E-state index is 0.0180. The maximum absolute atomic E-state index is 11.6. The first-order chi connectivity index (χ1) is 6.87. The molecule has 1 amide bonds. The molecule has 0 aromatic heterocycles. The Bertz CT molecular complexity index is 247. The van der Waals surface area contributed by atoms with Crippen molar-refractivity contribution in [2.24, 2.45) is 0 Å². The van der Waals surface area contributed by atoms with Crippen LogP contribution in [0.4, 0.5) is 13.2 Å². The zero-order chi connectivity index (χ0) is 11.9. The smallest absolute Gasteiger partial charge is 0.344 e. The third-order valence-electron chi connectivity index (χ3n) is 1.25. The molecule has 0 bridgehead atoms. The summed E-state index contributed by atoms with van der Waals surface area (Å²) in [7, 11) is 0. The number of alkyl halides is 3. The molecule has 1 unspecified atom stereocenters. The van der Waals surface area contributed by atoms with Gasteiger partial charge in [0.05, 0.1) is 6.54 Å². The quantitative estimate of drug-likeness (QED) is 0.518. The summed E-state index contributed by atoms with van der Waals surface area (Å²) < 4.78 is 34.9. The van der Waals surface area contributed by atoms with E-state index >= 15 is 0 Å². The fourth-order valence-corrected chi connectivity index (χ4v) is 0.593. The van der Waals surface area contributed by atoms with Gasteiger partial charge < -0.3 is 5.32 Å². The average Bonchev–Trinajstić information content (AvgIpc) is 2.11. The van der Waals surface area contributed by atoms with Crippen molar-refractivity contribution in [1.29, 1.82) is 0 Å². The zero-order valence-electron chi connectivity index (χ0n) is 8.02. The number of halogens is 3. The van der Waals surface area contributed by atoms with Gasteiger partial charge in [-0.05, 0) is 6.92 Å². The highest BCUT2D eigenvalue weighted by Gasteiger charge is 2.28. The molecule has 1 atom stereocenters. The van der Waals surface area contributed by atoms with Gasteiger partial charge in [0.25, 0.3) is 0 Å². The minimum Gasteiger partial charge on any atom is -0.344 e. The van der Waals surface area contributed by atoms with Crippen molar-refractivity contribution in [2.45, 2.75) is 19.1 Å². The number of hydrogen-bond acceptors (Lipinski definition) is 3. The van der Waals surface area contributed by atoms with Gasteiger partial charge in [0.1, 0.15) is 6.04 Å². The molecule has 0 aromatic rings. The fourth-order valence-electron chi connectivity index (χ4n) is 0.593. The van der Waals surface area contributed by atoms with Crippen molar-refractivity contribution in [2.75, 3.05) is 13.2 Å². The van der Waals surface area contributed by atoms with Gasteiger partial charge in [0, 0.05) is 0 Å². The Hall–Kier alpha value is -1.26. The zero-order valence-corrected chi connectivity index (χ0v) is 8.02. The van der Waals surface area contributed by atoms with Crippen molar-refractivity contribution in [3.05, 3.63) is 0 Å². The molecule has 0 saturated heterocycles. The SMILES string of the molecule is C#CCNC(=O)C(C)NOCC(F)(F)F. The first-order valence-electron chi connectivity index (χ1n) is 4.02. The third-order valence-corrected chi connectivity index (χ3v) is 1.25. The molecule has 0 heterocycles. The van der Waals surface area contributed by atoms with E-state index < -0.39 is 24.7 Å². The highest BCUT2D eigenvalue weighted by Crippen LogP contribution is 2.13. The lowest BCUT2D eigenvalue weighted by Gasteiger charge is -2.13. The number of amides is 1. The van der Waals surface area contributed by atoms with Crippen LogP contribution in [0.25, 0.3) is 0 Å². The molecule has 2 N–H and O–H groups in total. The maximum Gasteiger partial charge on any atom is 0.413 e. The Balaban J connectivity index is 3.70. The van der Waals surface area contributed by atoms with Gasteiger partial charge in [-0.2, -0.15) is 18.7 Å². The van der Waals surface area contributed by atoms with E-state index in [4.69, 9.17) is 6.42 Å². The second kappa shape index (κ2) is 6.27. The maximum atomic E-state index is 11.6. The molecule has 0 radical (unpaired) electrons. The topological polar surface area (TPSA) is 50.4 Å². The molecular formula is C8H11F3N2O2. The third kappa shape index (κ3) is 7.78. The highest BCUT2D eigenvalue weighted by molar-refractivity contribution is 5.81. The Morgan fingerprint density at radius 2 is 2.20 bits per heavy atom. The van der Waals surface area contributed by atoms with E-state index in [9.17, 15) is 18.0 Å². The minimum atomic E-state index is -4.43. The largest absolute Gasteiger partial charge is 0.413 e. The predicted octanol–water partition coefficient (Wildman–Crippen LogP) is 0.208. The van der Waals surface area contributed by atoms with Crippen LogP contribution in [0.15, 0.2) is 0 Å². The lowest BCUT2D eigenvalue weighted by molar-refractivity contribution is -0.193. The van der Waals surface area contributed by atoms with E-state index in [1.165, 1.54) is 6.92 Å². The number of hydrogen-bond donors (Lipinski definition) is 2. The number of rotatable bonds is 5. The van der Waals surface area contributed by atoms with Gasteiger partial charge in [-0.15, -0.1) is 6.42 Å². The predicted molar refractivity (Wildman–Crippen MR) is 46.4 cm³/mol. The van der Waals surface area contributed by atoms with Gasteiger partial charge in [-0.3, -0.25) is 9.63 Å². The molecule has 0 aliphatic carbocycles. The van der Waals surface area contributed by atoms with Crippen LogP contribution in [0.3, 0.4) is 0 Å². The van der Waals surface area contributed by atoms with Crippen LogP contribution in [-0.2, 0) is 9.63 Å². The van der Waals surface area contributed by atoms with Crippen molar-refractivity contribution in [3.63, 3.8) is 0 Å². The number of carbonyl (C=O) groups excluding carboxylic acids is 1. The Labute approximate surface area is 85.1 Å². The summed E-state index contributed by atoms with van der Waals surface area (Å²) in [6.45, 7) is -0.0912. The van der Waals surface area contributed by atoms with Crippen LogP contribution in [0.2, 0.25) is 0 Å². The number of nitrogens with one attached hydrogen (secondary N) is 2. The van der Waals surface area contributed by atoms with Gasteiger partial charge in [0.2, 0.25) is 5.91 Å². The standard InChI is InChI=1S/C8H11F3N2O2/c1-3-4-12-7(14)6(2)13-15-5-8(9,10)11/h1,6,13H,4-5H2,2H3,(H,12,14). The summed E-state index contributed by atoms with van der Waals surface area (Å²) in [6.07, 6.45) is 0.440. The summed E-state index contributed by atoms with van der Waals surface area (Å²) in [6, 6.07) is -0.902. The average molecular weight is 224 g/mol. The monoisotopic (exact) mass is 224 g/mol. The Morgan fingerprint density at radius 3 is 2.67 bits per heavy atom. The van der Waals surface area contributed by atoms with Crippen molar-refractivity contribution in [1.82, 2.24) is 10.8 Å². The summed E-state index contributed by atoms with van der Waals surface area (Å²) in [5.74, 6) is 1.62. The molecule has 4 nitrogen and oxygen atoms in total. The first-order valence-corrected chi connectivity index (χ1v) is 4.02. The molecule has 0 rings (SSSR count). The lowest BCUT2D eigenvalue weighted by Crippen LogP contribution is -2.43. The summed E-state index contributed by atoms with van der Waals surface area (Å²) in [4.78, 5) is 15.1. The molecule has 0 fully saturated rings. The van der Waals surface area contributed by atoms with E-state index in [-0.39, 0.29) is 6.54 Å². The van der Waals surface area contributed by atoms with Crippen LogP contribution in [-0.4, -0.2) is 31.3 Å². The second-order valence-corrected chi connectivity index (χ2v) is 2.67. The summed E-state index contributed by atoms with van der Waals surface area (Å²) in [5, 5.41) is 2.28. The Morgan fingerprint density at radius 1 is 1.60 bits per heavy atom. The van der Waals surface area contributed by atoms with E-state index in [0.717, 1.165) is 0 Å². The normalized spacial score (nSPS) is 13.0. The molecule has 15 heavy (non-hydrogen) atoms. The molecule has 86 valence electrons. The second-order valence-electron chi connectivity index (χ2n) is 2.67. The molecule has 0 aliphatic rings. The van der Waals surface area contributed by atoms with E-state index in [2.05, 4.69) is 16.1 Å². The molecule has 0 saturated carbocycles. The van der Waals surface area contributed by atoms with Gasteiger partial charge in [-0.25, -0.2) is 0 Å². The van der Waals surface area contributed by atoms with E-state index in [1.807, 2.05) is 5.48 Å². The fraction of sp³-hybridized carbons (Fsp3) is 0.625. The van der Waals surface area contributed by atoms with Crippen LogP contribution in [0, 0.1) is 12.3 Å². The Kier molecular flexibility index (Phi) is 5.74. The van der Waals surface area contributed by atoms with E-state index in [1.54, 1.807) is 0 Å². The molecule has 0 aromatic carbocycles. The van der Waals surface area contributed by atoms with E-state index in [0.29, 0.717) is 0 Å². The molecular weight excluding hydrogens is 213 g/mol.